The summed E-state index contributed by atoms with van der Waals surface area (Å²) in [6, 6.07) is 13.3. The van der Waals surface area contributed by atoms with Gasteiger partial charge < -0.3 is 14.5 Å². The largest absolute Gasteiger partial charge is 0.494 e. The molecule has 236 valence electrons. The number of amides is 1. The van der Waals surface area contributed by atoms with Gasteiger partial charge in [0.15, 0.2) is 5.78 Å². The van der Waals surface area contributed by atoms with Crippen molar-refractivity contribution in [3.8, 4) is 5.75 Å². The van der Waals surface area contributed by atoms with Crippen molar-refractivity contribution in [3.05, 3.63) is 59.2 Å². The van der Waals surface area contributed by atoms with Gasteiger partial charge in [0.2, 0.25) is 5.91 Å². The van der Waals surface area contributed by atoms with Crippen LogP contribution in [0.1, 0.15) is 87.4 Å². The fraction of sp³-hybridized carbons (Fsp3) is 0.611. The Morgan fingerprint density at radius 2 is 1.72 bits per heavy atom. The van der Waals surface area contributed by atoms with E-state index in [9.17, 15) is 9.59 Å². The minimum Gasteiger partial charge on any atom is -0.494 e. The van der Waals surface area contributed by atoms with E-state index in [1.807, 2.05) is 37.3 Å². The van der Waals surface area contributed by atoms with Crippen LogP contribution in [0.4, 0.5) is 5.69 Å². The van der Waals surface area contributed by atoms with Crippen molar-refractivity contribution in [1.82, 2.24) is 9.80 Å². The number of hydrogen-bond donors (Lipinski definition) is 0. The lowest BCUT2D eigenvalue weighted by atomic mass is 9.83. The van der Waals surface area contributed by atoms with Crippen LogP contribution in [0.25, 0.3) is 0 Å². The van der Waals surface area contributed by atoms with Crippen LogP contribution in [0.3, 0.4) is 0 Å². The number of unbranched alkanes of at least 4 members (excludes halogenated alkanes) is 1. The van der Waals surface area contributed by atoms with E-state index < -0.39 is 6.04 Å². The minimum atomic E-state index is -0.723. The van der Waals surface area contributed by atoms with Crippen LogP contribution in [-0.2, 0) is 16.0 Å². The summed E-state index contributed by atoms with van der Waals surface area (Å²) in [6.45, 7) is 10.4. The topological polar surface area (TPSA) is 53.1 Å². The smallest absolute Gasteiger partial charge is 0.242 e. The number of alkyl halides is 1. The molecule has 2 fully saturated rings. The van der Waals surface area contributed by atoms with Crippen molar-refractivity contribution in [3.63, 3.8) is 0 Å². The highest BCUT2D eigenvalue weighted by Crippen LogP contribution is 2.36. The number of carbonyl (C=O) groups is 2. The zero-order valence-corrected chi connectivity index (χ0v) is 27.4. The number of Topliss-reactive ketones (excluding diaryl/α,β-unsaturated/α-hetero) is 1. The maximum absolute atomic E-state index is 14.2. The molecule has 1 aliphatic heterocycles. The second-order valence-corrected chi connectivity index (χ2v) is 12.9. The Balaban J connectivity index is 1.53. The molecule has 1 unspecified atom stereocenters. The number of anilines is 1. The molecule has 1 atom stereocenters. The van der Waals surface area contributed by atoms with Crippen molar-refractivity contribution in [1.29, 1.82) is 0 Å². The van der Waals surface area contributed by atoms with Gasteiger partial charge in [-0.2, -0.15) is 0 Å². The lowest BCUT2D eigenvalue weighted by Gasteiger charge is -2.33. The molecule has 1 saturated carbocycles. The van der Waals surface area contributed by atoms with Gasteiger partial charge in [-0.3, -0.25) is 14.5 Å². The molecule has 2 aliphatic rings. The Hall–Kier alpha value is -2.41. The summed E-state index contributed by atoms with van der Waals surface area (Å²) < 4.78 is 6.09. The fourth-order valence-electron chi connectivity index (χ4n) is 6.57. The van der Waals surface area contributed by atoms with E-state index in [2.05, 4.69) is 35.9 Å². The molecule has 1 amide bonds. The summed E-state index contributed by atoms with van der Waals surface area (Å²) in [5, 5.41) is 0. The molecule has 43 heavy (non-hydrogen) atoms. The maximum Gasteiger partial charge on any atom is 0.242 e. The number of halogens is 1. The number of ketones is 1. The van der Waals surface area contributed by atoms with Crippen LogP contribution < -0.4 is 9.64 Å². The van der Waals surface area contributed by atoms with Crippen LogP contribution in [0.2, 0.25) is 0 Å². The predicted molar refractivity (Wildman–Crippen MR) is 177 cm³/mol. The van der Waals surface area contributed by atoms with Gasteiger partial charge in [-0.25, -0.2) is 0 Å². The third kappa shape index (κ3) is 9.79. The number of hydrogen-bond acceptors (Lipinski definition) is 5. The molecule has 6 nitrogen and oxygen atoms in total. The molecule has 0 spiro atoms. The van der Waals surface area contributed by atoms with Gasteiger partial charge in [0.05, 0.1) is 6.61 Å². The molecular formula is C36H52ClN3O3. The molecule has 2 aromatic rings. The van der Waals surface area contributed by atoms with E-state index in [0.29, 0.717) is 18.9 Å². The van der Waals surface area contributed by atoms with Crippen LogP contribution >= 0.6 is 11.6 Å². The second-order valence-electron chi connectivity index (χ2n) is 12.6. The highest BCUT2D eigenvalue weighted by Gasteiger charge is 2.34. The lowest BCUT2D eigenvalue weighted by molar-refractivity contribution is -0.125. The zero-order chi connectivity index (χ0) is 30.6. The number of carbonyl (C=O) groups excluding carboxylic acids is 2. The van der Waals surface area contributed by atoms with E-state index in [4.69, 9.17) is 16.3 Å². The van der Waals surface area contributed by atoms with Gasteiger partial charge >= 0.3 is 0 Å². The first-order valence-electron chi connectivity index (χ1n) is 16.5. The Morgan fingerprint density at radius 1 is 1.00 bits per heavy atom. The fourth-order valence-corrected chi connectivity index (χ4v) is 6.70. The number of benzene rings is 2. The number of ether oxygens (including phenoxy) is 1. The summed E-state index contributed by atoms with van der Waals surface area (Å²) in [6.07, 6.45) is 10.4. The standard InChI is InChI=1S/C36H52ClN3O3/c1-4-5-10-30-13-18-33(28(2)25-30)40(35(42)27-37)36(34(41)26-29-11-7-6-8-12-29)31-14-16-32(17-15-31)43-24-9-19-39-22-20-38(3)21-23-39/h13-18,25,29,36H,4-12,19-24,26-27H2,1-3H3. The van der Waals surface area contributed by atoms with Crippen LogP contribution in [-0.4, -0.2) is 73.7 Å². The van der Waals surface area contributed by atoms with Gasteiger partial charge in [0.1, 0.15) is 17.7 Å². The Bertz CT molecular complexity index is 1160. The summed E-state index contributed by atoms with van der Waals surface area (Å²) in [4.78, 5) is 34.2. The molecule has 4 rings (SSSR count). The van der Waals surface area contributed by atoms with E-state index in [-0.39, 0.29) is 17.6 Å². The summed E-state index contributed by atoms with van der Waals surface area (Å²) >= 11 is 6.21. The molecule has 1 aliphatic carbocycles. The van der Waals surface area contributed by atoms with Crippen molar-refractivity contribution in [2.24, 2.45) is 5.92 Å². The molecule has 0 aromatic heterocycles. The van der Waals surface area contributed by atoms with Gasteiger partial charge in [0, 0.05) is 44.8 Å². The second kappa shape index (κ2) is 17.2. The number of piperazine rings is 1. The van der Waals surface area contributed by atoms with Gasteiger partial charge in [-0.15, -0.1) is 11.6 Å². The summed E-state index contributed by atoms with van der Waals surface area (Å²) in [5.74, 6) is 0.807. The highest BCUT2D eigenvalue weighted by atomic mass is 35.5. The molecule has 0 bridgehead atoms. The van der Waals surface area contributed by atoms with Crippen LogP contribution in [0, 0.1) is 12.8 Å². The van der Waals surface area contributed by atoms with E-state index in [1.165, 1.54) is 24.8 Å². The van der Waals surface area contributed by atoms with Crippen LogP contribution in [0.15, 0.2) is 42.5 Å². The number of aryl methyl sites for hydroxylation is 2. The quantitative estimate of drug-likeness (QED) is 0.158. The number of nitrogens with zero attached hydrogens (tertiary/aromatic N) is 3. The first-order valence-corrected chi connectivity index (χ1v) is 17.1. The van der Waals surface area contributed by atoms with E-state index >= 15 is 0 Å². The molecule has 0 radical (unpaired) electrons. The van der Waals surface area contributed by atoms with Gasteiger partial charge in [-0.1, -0.05) is 69.7 Å². The summed E-state index contributed by atoms with van der Waals surface area (Å²) in [5.41, 5.74) is 3.80. The Kier molecular flexibility index (Phi) is 13.4. The van der Waals surface area contributed by atoms with Crippen molar-refractivity contribution < 1.29 is 14.3 Å². The number of likely N-dealkylation sites (N-methyl/N-ethyl adjacent to an activating group) is 1. The first-order chi connectivity index (χ1) is 20.9. The third-order valence-corrected chi connectivity index (χ3v) is 9.41. The minimum absolute atomic E-state index is 0.0840. The van der Waals surface area contributed by atoms with Crippen molar-refractivity contribution >= 4 is 29.0 Å². The number of rotatable bonds is 15. The van der Waals surface area contributed by atoms with E-state index in [0.717, 1.165) is 93.8 Å². The molecule has 2 aromatic carbocycles. The van der Waals surface area contributed by atoms with Gasteiger partial charge in [-0.05, 0) is 74.0 Å². The van der Waals surface area contributed by atoms with Crippen molar-refractivity contribution in [2.75, 3.05) is 57.2 Å². The zero-order valence-electron chi connectivity index (χ0n) is 26.7. The predicted octanol–water partition coefficient (Wildman–Crippen LogP) is 7.21. The van der Waals surface area contributed by atoms with Crippen LogP contribution in [0.5, 0.6) is 5.75 Å². The molecule has 0 N–H and O–H groups in total. The third-order valence-electron chi connectivity index (χ3n) is 9.18. The first kappa shape index (κ1) is 33.5. The Morgan fingerprint density at radius 3 is 2.37 bits per heavy atom. The van der Waals surface area contributed by atoms with Gasteiger partial charge in [0.25, 0.3) is 0 Å². The summed E-state index contributed by atoms with van der Waals surface area (Å²) in [7, 11) is 2.18. The molecule has 1 heterocycles. The maximum atomic E-state index is 14.2. The SMILES string of the molecule is CCCCc1ccc(N(C(=O)CCl)C(C(=O)CC2CCCCC2)c2ccc(OCCCN3CCN(C)CC3)cc2)c(C)c1. The highest BCUT2D eigenvalue weighted by molar-refractivity contribution is 6.30. The molecule has 1 saturated heterocycles. The average molecular weight is 610 g/mol. The Labute approximate surface area is 264 Å². The average Bonchev–Trinajstić information content (AvgIpc) is 3.02. The lowest BCUT2D eigenvalue weighted by Crippen LogP contribution is -2.44. The monoisotopic (exact) mass is 609 g/mol. The molecular weight excluding hydrogens is 558 g/mol. The normalized spacial score (nSPS) is 17.5. The van der Waals surface area contributed by atoms with Crippen molar-refractivity contribution in [2.45, 2.75) is 84.1 Å². The molecule has 7 heteroatoms. The van der Waals surface area contributed by atoms with E-state index in [1.54, 1.807) is 4.90 Å².